The van der Waals surface area contributed by atoms with E-state index in [9.17, 15) is 13.6 Å². The third kappa shape index (κ3) is 1.69. The Hall–Kier alpha value is -1.49. The Morgan fingerprint density at radius 2 is 2.05 bits per heavy atom. The van der Waals surface area contributed by atoms with Crippen molar-refractivity contribution in [1.82, 2.24) is 5.32 Å². The van der Waals surface area contributed by atoms with Gasteiger partial charge < -0.3 is 4.90 Å². The SMILES string of the molecule is O=C(C1CC(F)(F)CN1)N1CC2(CC2)c2ccccc21. The van der Waals surface area contributed by atoms with Gasteiger partial charge in [0.2, 0.25) is 5.91 Å². The molecule has 4 rings (SSSR count). The summed E-state index contributed by atoms with van der Waals surface area (Å²) in [5.41, 5.74) is 2.22. The maximum atomic E-state index is 13.3. The van der Waals surface area contributed by atoms with Crippen LogP contribution in [0.1, 0.15) is 24.8 Å². The number of hydrogen-bond acceptors (Lipinski definition) is 2. The van der Waals surface area contributed by atoms with E-state index >= 15 is 0 Å². The minimum absolute atomic E-state index is 0.105. The van der Waals surface area contributed by atoms with Crippen molar-refractivity contribution >= 4 is 11.6 Å². The monoisotopic (exact) mass is 278 g/mol. The molecule has 1 spiro atoms. The highest BCUT2D eigenvalue weighted by Gasteiger charge is 2.54. The number of para-hydroxylation sites is 1. The van der Waals surface area contributed by atoms with Gasteiger partial charge in [0.15, 0.2) is 0 Å². The lowest BCUT2D eigenvalue weighted by atomic mass is 9.99. The van der Waals surface area contributed by atoms with Crippen LogP contribution in [0.15, 0.2) is 24.3 Å². The third-order valence-corrected chi connectivity index (χ3v) is 4.75. The van der Waals surface area contributed by atoms with E-state index in [1.807, 2.05) is 18.2 Å². The lowest BCUT2D eigenvalue weighted by Crippen LogP contribution is -2.43. The number of nitrogens with one attached hydrogen (secondary N) is 1. The standard InChI is InChI=1S/C15H16F2N2O/c16-15(17)7-11(18-8-15)13(20)19-9-14(5-6-14)10-3-1-2-4-12(10)19/h1-4,11,18H,5-9H2. The zero-order valence-corrected chi connectivity index (χ0v) is 11.0. The summed E-state index contributed by atoms with van der Waals surface area (Å²) >= 11 is 0. The average Bonchev–Trinajstić information content (AvgIpc) is 3.01. The second kappa shape index (κ2) is 3.79. The van der Waals surface area contributed by atoms with Gasteiger partial charge in [-0.15, -0.1) is 0 Å². The van der Waals surface area contributed by atoms with Crippen LogP contribution in [0.5, 0.6) is 0 Å². The minimum atomic E-state index is -2.77. The molecular formula is C15H16F2N2O. The Morgan fingerprint density at radius 3 is 2.70 bits per heavy atom. The lowest BCUT2D eigenvalue weighted by molar-refractivity contribution is -0.120. The Balaban J connectivity index is 1.63. The van der Waals surface area contributed by atoms with Crippen molar-refractivity contribution in [3.8, 4) is 0 Å². The van der Waals surface area contributed by atoms with Crippen LogP contribution in [0.2, 0.25) is 0 Å². The molecule has 1 unspecified atom stereocenters. The van der Waals surface area contributed by atoms with Gasteiger partial charge in [-0.25, -0.2) is 8.78 Å². The summed E-state index contributed by atoms with van der Waals surface area (Å²) in [5, 5.41) is 2.66. The first-order chi connectivity index (χ1) is 9.51. The molecule has 1 atom stereocenters. The van der Waals surface area contributed by atoms with E-state index in [0.29, 0.717) is 6.54 Å². The Morgan fingerprint density at radius 1 is 1.30 bits per heavy atom. The summed E-state index contributed by atoms with van der Waals surface area (Å²) < 4.78 is 26.5. The normalized spacial score (nSPS) is 28.7. The molecule has 1 N–H and O–H groups in total. The molecule has 1 saturated carbocycles. The Bertz CT molecular complexity index is 583. The molecule has 2 heterocycles. The summed E-state index contributed by atoms with van der Waals surface area (Å²) in [6, 6.07) is 7.11. The van der Waals surface area contributed by atoms with Crippen molar-refractivity contribution < 1.29 is 13.6 Å². The first kappa shape index (κ1) is 12.3. The number of hydrogen-bond donors (Lipinski definition) is 1. The van der Waals surface area contributed by atoms with Crippen molar-refractivity contribution in [2.45, 2.75) is 36.6 Å². The quantitative estimate of drug-likeness (QED) is 0.853. The summed E-state index contributed by atoms with van der Waals surface area (Å²) in [7, 11) is 0. The van der Waals surface area contributed by atoms with E-state index in [4.69, 9.17) is 0 Å². The molecule has 1 aromatic rings. The molecule has 1 aliphatic carbocycles. The van der Waals surface area contributed by atoms with Gasteiger partial charge in [0.1, 0.15) is 0 Å². The number of anilines is 1. The number of fused-ring (bicyclic) bond motifs is 2. The van der Waals surface area contributed by atoms with E-state index in [0.717, 1.165) is 18.5 Å². The summed E-state index contributed by atoms with van der Waals surface area (Å²) in [4.78, 5) is 14.3. The molecule has 3 nitrogen and oxygen atoms in total. The van der Waals surface area contributed by atoms with Crippen LogP contribution in [0.3, 0.4) is 0 Å². The van der Waals surface area contributed by atoms with E-state index in [1.165, 1.54) is 5.56 Å². The maximum Gasteiger partial charge on any atom is 0.262 e. The van der Waals surface area contributed by atoms with Crippen LogP contribution in [-0.4, -0.2) is 31.0 Å². The van der Waals surface area contributed by atoms with Crippen LogP contribution in [-0.2, 0) is 10.2 Å². The predicted octanol–water partition coefficient (Wildman–Crippen LogP) is 2.06. The molecule has 0 bridgehead atoms. The number of nitrogens with zero attached hydrogens (tertiary/aromatic N) is 1. The predicted molar refractivity (Wildman–Crippen MR) is 71.1 cm³/mol. The molecule has 3 aliphatic rings. The molecular weight excluding hydrogens is 262 g/mol. The molecule has 2 fully saturated rings. The number of benzene rings is 1. The number of carbonyl (C=O) groups is 1. The fraction of sp³-hybridized carbons (Fsp3) is 0.533. The molecule has 5 heteroatoms. The van der Waals surface area contributed by atoms with Crippen molar-refractivity contribution in [2.75, 3.05) is 18.0 Å². The Labute approximate surface area is 116 Å². The number of alkyl halides is 2. The van der Waals surface area contributed by atoms with Crippen LogP contribution in [0, 0.1) is 0 Å². The zero-order chi connectivity index (χ0) is 14.0. The summed E-state index contributed by atoms with van der Waals surface area (Å²) in [6.07, 6.45) is 1.78. The second-order valence-corrected chi connectivity index (χ2v) is 6.22. The minimum Gasteiger partial charge on any atom is -0.310 e. The fourth-order valence-corrected chi connectivity index (χ4v) is 3.48. The van der Waals surface area contributed by atoms with Gasteiger partial charge in [-0.3, -0.25) is 10.1 Å². The van der Waals surface area contributed by atoms with E-state index < -0.39 is 24.9 Å². The van der Waals surface area contributed by atoms with Gasteiger partial charge in [-0.05, 0) is 24.5 Å². The number of rotatable bonds is 1. The maximum absolute atomic E-state index is 13.3. The highest BCUT2D eigenvalue weighted by Crippen LogP contribution is 2.56. The van der Waals surface area contributed by atoms with Gasteiger partial charge >= 0.3 is 0 Å². The molecule has 0 radical (unpaired) electrons. The van der Waals surface area contributed by atoms with Crippen molar-refractivity contribution in [3.05, 3.63) is 29.8 Å². The average molecular weight is 278 g/mol. The Kier molecular flexibility index (Phi) is 2.32. The molecule has 1 saturated heterocycles. The first-order valence-electron chi connectivity index (χ1n) is 7.03. The van der Waals surface area contributed by atoms with E-state index in [2.05, 4.69) is 11.4 Å². The van der Waals surface area contributed by atoms with Gasteiger partial charge in [0, 0.05) is 24.1 Å². The van der Waals surface area contributed by atoms with Crippen LogP contribution >= 0.6 is 0 Å². The molecule has 0 aromatic heterocycles. The smallest absolute Gasteiger partial charge is 0.262 e. The van der Waals surface area contributed by atoms with Crippen molar-refractivity contribution in [3.63, 3.8) is 0 Å². The summed E-state index contributed by atoms with van der Waals surface area (Å²) in [6.45, 7) is 0.249. The number of halogens is 2. The van der Waals surface area contributed by atoms with Crippen LogP contribution in [0.25, 0.3) is 0 Å². The molecule has 106 valence electrons. The second-order valence-electron chi connectivity index (χ2n) is 6.22. The number of carbonyl (C=O) groups excluding carboxylic acids is 1. The zero-order valence-electron chi connectivity index (χ0n) is 11.0. The molecule has 1 amide bonds. The van der Waals surface area contributed by atoms with E-state index in [1.54, 1.807) is 4.90 Å². The van der Waals surface area contributed by atoms with Crippen LogP contribution < -0.4 is 10.2 Å². The lowest BCUT2D eigenvalue weighted by Gasteiger charge is -2.21. The van der Waals surface area contributed by atoms with Crippen molar-refractivity contribution in [1.29, 1.82) is 0 Å². The van der Waals surface area contributed by atoms with Gasteiger partial charge in [-0.2, -0.15) is 0 Å². The topological polar surface area (TPSA) is 32.3 Å². The van der Waals surface area contributed by atoms with Gasteiger partial charge in [0.25, 0.3) is 5.92 Å². The molecule has 20 heavy (non-hydrogen) atoms. The molecule has 2 aliphatic heterocycles. The highest BCUT2D eigenvalue weighted by molar-refractivity contribution is 6.00. The summed E-state index contributed by atoms with van der Waals surface area (Å²) in [5.74, 6) is -2.98. The highest BCUT2D eigenvalue weighted by atomic mass is 19.3. The third-order valence-electron chi connectivity index (χ3n) is 4.75. The molecule has 1 aromatic carbocycles. The first-order valence-corrected chi connectivity index (χ1v) is 7.03. The van der Waals surface area contributed by atoms with E-state index in [-0.39, 0.29) is 11.3 Å². The fourth-order valence-electron chi connectivity index (χ4n) is 3.48. The van der Waals surface area contributed by atoms with Crippen molar-refractivity contribution in [2.24, 2.45) is 0 Å². The largest absolute Gasteiger partial charge is 0.310 e. The van der Waals surface area contributed by atoms with Gasteiger partial charge in [0.05, 0.1) is 12.6 Å². The number of amides is 1. The van der Waals surface area contributed by atoms with Gasteiger partial charge in [-0.1, -0.05) is 18.2 Å². The van der Waals surface area contributed by atoms with Crippen LogP contribution in [0.4, 0.5) is 14.5 Å².